The third kappa shape index (κ3) is 3.64. The largest absolute Gasteiger partial charge is 0.455 e. The number of hydrogen-bond acceptors (Lipinski definition) is 3. The van der Waals surface area contributed by atoms with Gasteiger partial charge in [-0.25, -0.2) is 9.97 Å². The van der Waals surface area contributed by atoms with Gasteiger partial charge in [-0.3, -0.25) is 4.57 Å². The Labute approximate surface area is 271 Å². The number of fused-ring (bicyclic) bond motifs is 11. The summed E-state index contributed by atoms with van der Waals surface area (Å²) in [4.78, 5) is 10.7. The summed E-state index contributed by atoms with van der Waals surface area (Å²) in [5.41, 5.74) is 12.7. The van der Waals surface area contributed by atoms with Crippen LogP contribution in [-0.4, -0.2) is 14.5 Å². The Morgan fingerprint density at radius 3 is 1.96 bits per heavy atom. The summed E-state index contributed by atoms with van der Waals surface area (Å²) in [5, 5.41) is 4.45. The Morgan fingerprint density at radius 2 is 1.21 bits per heavy atom. The summed E-state index contributed by atoms with van der Waals surface area (Å²) in [7, 11) is 0. The zero-order valence-corrected chi connectivity index (χ0v) is 26.0. The van der Waals surface area contributed by atoms with Crippen LogP contribution < -0.4 is 0 Å². The number of para-hydroxylation sites is 1. The summed E-state index contributed by atoms with van der Waals surface area (Å²) in [6.07, 6.45) is 0. The van der Waals surface area contributed by atoms with E-state index in [1.165, 1.54) is 22.3 Å². The van der Waals surface area contributed by atoms with Gasteiger partial charge < -0.3 is 4.42 Å². The van der Waals surface area contributed by atoms with E-state index in [-0.39, 0.29) is 5.41 Å². The smallest absolute Gasteiger partial charge is 0.235 e. The van der Waals surface area contributed by atoms with Crippen LogP contribution in [0.2, 0.25) is 0 Å². The molecule has 1 aliphatic rings. The number of furan rings is 1. The average Bonchev–Trinajstić information content (AvgIpc) is 3.74. The SMILES string of the molecule is CC1(C)c2ccccc2-c2ccc3c4c5oc6ccccc6c5ccc4n(-c4nc(-c5ccccc5)cc(-c5ccccc5)n4)c3c21. The molecule has 0 saturated carbocycles. The molecule has 0 fully saturated rings. The van der Waals surface area contributed by atoms with Crippen LogP contribution in [0, 0.1) is 0 Å². The molecule has 9 aromatic rings. The highest BCUT2D eigenvalue weighted by molar-refractivity contribution is 6.25. The predicted octanol–water partition coefficient (Wildman–Crippen LogP) is 11.1. The van der Waals surface area contributed by atoms with Crippen LogP contribution in [0.1, 0.15) is 25.0 Å². The van der Waals surface area contributed by atoms with Gasteiger partial charge in [0.15, 0.2) is 0 Å². The molecule has 222 valence electrons. The fourth-order valence-electron chi connectivity index (χ4n) is 7.88. The van der Waals surface area contributed by atoms with Crippen molar-refractivity contribution in [3.05, 3.63) is 151 Å². The summed E-state index contributed by atoms with van der Waals surface area (Å²) in [6.45, 7) is 4.68. The Balaban J connectivity index is 1.40. The van der Waals surface area contributed by atoms with Crippen LogP contribution in [0.15, 0.2) is 144 Å². The third-order valence-electron chi connectivity index (χ3n) is 10.0. The van der Waals surface area contributed by atoms with E-state index < -0.39 is 0 Å². The van der Waals surface area contributed by atoms with Crippen LogP contribution >= 0.6 is 0 Å². The Hall–Kier alpha value is -6.00. The lowest BCUT2D eigenvalue weighted by Gasteiger charge is -2.23. The molecular weight excluding hydrogens is 574 g/mol. The zero-order chi connectivity index (χ0) is 31.3. The van der Waals surface area contributed by atoms with Crippen molar-refractivity contribution in [2.24, 2.45) is 0 Å². The maximum Gasteiger partial charge on any atom is 0.235 e. The second-order valence-electron chi connectivity index (χ2n) is 13.0. The van der Waals surface area contributed by atoms with Crippen LogP contribution in [0.5, 0.6) is 0 Å². The van der Waals surface area contributed by atoms with Gasteiger partial charge in [0.05, 0.1) is 27.8 Å². The standard InChI is InChI=1S/C43H29N3O/c1-43(2)33-19-11-9-17-28(33)30-21-22-32-38-36(24-23-31-29-18-10-12-20-37(29)47-41(31)38)46(40(32)39(30)43)42-44-34(26-13-5-3-6-14-26)25-35(45-42)27-15-7-4-8-16-27/h3-25H,1-2H3. The maximum atomic E-state index is 6.69. The molecule has 47 heavy (non-hydrogen) atoms. The molecule has 0 N–H and O–H groups in total. The van der Waals surface area contributed by atoms with Crippen molar-refractivity contribution in [2.75, 3.05) is 0 Å². The first-order chi connectivity index (χ1) is 23.1. The molecule has 0 radical (unpaired) electrons. The van der Waals surface area contributed by atoms with Crippen molar-refractivity contribution in [1.82, 2.24) is 14.5 Å². The number of benzene rings is 6. The Bertz CT molecular complexity index is 2640. The van der Waals surface area contributed by atoms with Gasteiger partial charge in [0.1, 0.15) is 11.2 Å². The lowest BCUT2D eigenvalue weighted by molar-refractivity contribution is 0.663. The van der Waals surface area contributed by atoms with Crippen molar-refractivity contribution >= 4 is 43.7 Å². The quantitative estimate of drug-likeness (QED) is 0.202. The minimum Gasteiger partial charge on any atom is -0.455 e. The highest BCUT2D eigenvalue weighted by atomic mass is 16.3. The molecule has 6 aromatic carbocycles. The molecule has 0 saturated heterocycles. The molecule has 0 bridgehead atoms. The van der Waals surface area contributed by atoms with Crippen molar-refractivity contribution < 1.29 is 4.42 Å². The second-order valence-corrected chi connectivity index (χ2v) is 13.0. The van der Waals surface area contributed by atoms with E-state index in [4.69, 9.17) is 14.4 Å². The monoisotopic (exact) mass is 603 g/mol. The predicted molar refractivity (Wildman–Crippen MR) is 192 cm³/mol. The van der Waals surface area contributed by atoms with Crippen LogP contribution in [0.4, 0.5) is 0 Å². The number of rotatable bonds is 3. The summed E-state index contributed by atoms with van der Waals surface area (Å²) in [5.74, 6) is 0.640. The highest BCUT2D eigenvalue weighted by Gasteiger charge is 2.39. The molecule has 3 heterocycles. The first-order valence-corrected chi connectivity index (χ1v) is 16.1. The lowest BCUT2D eigenvalue weighted by Crippen LogP contribution is -2.17. The molecule has 10 rings (SSSR count). The normalized spacial score (nSPS) is 13.5. The molecule has 0 aliphatic heterocycles. The van der Waals surface area contributed by atoms with Gasteiger partial charge in [0.2, 0.25) is 5.95 Å². The summed E-state index contributed by atoms with van der Waals surface area (Å²) < 4.78 is 8.98. The van der Waals surface area contributed by atoms with E-state index in [2.05, 4.69) is 140 Å². The van der Waals surface area contributed by atoms with Crippen LogP contribution in [-0.2, 0) is 5.41 Å². The minimum absolute atomic E-state index is 0.246. The van der Waals surface area contributed by atoms with Crippen molar-refractivity contribution in [2.45, 2.75) is 19.3 Å². The maximum absolute atomic E-state index is 6.69. The van der Waals surface area contributed by atoms with E-state index in [0.29, 0.717) is 5.95 Å². The van der Waals surface area contributed by atoms with Gasteiger partial charge >= 0.3 is 0 Å². The molecule has 0 spiro atoms. The van der Waals surface area contributed by atoms with E-state index in [1.807, 2.05) is 18.2 Å². The second kappa shape index (κ2) is 9.51. The number of nitrogens with zero attached hydrogens (tertiary/aromatic N) is 3. The Kier molecular flexibility index (Phi) is 5.31. The molecule has 4 nitrogen and oxygen atoms in total. The van der Waals surface area contributed by atoms with Gasteiger partial charge in [0.25, 0.3) is 0 Å². The lowest BCUT2D eigenvalue weighted by atomic mass is 9.81. The zero-order valence-electron chi connectivity index (χ0n) is 26.0. The van der Waals surface area contributed by atoms with Crippen molar-refractivity contribution in [1.29, 1.82) is 0 Å². The summed E-state index contributed by atoms with van der Waals surface area (Å²) in [6, 6.07) is 49.0. The molecule has 0 atom stereocenters. The molecule has 0 unspecified atom stereocenters. The topological polar surface area (TPSA) is 43.9 Å². The molecular formula is C43H29N3O. The van der Waals surface area contributed by atoms with Gasteiger partial charge in [-0.15, -0.1) is 0 Å². The Morgan fingerprint density at radius 1 is 0.574 bits per heavy atom. The van der Waals surface area contributed by atoms with Crippen molar-refractivity contribution in [3.63, 3.8) is 0 Å². The molecule has 4 heteroatoms. The molecule has 1 aliphatic carbocycles. The third-order valence-corrected chi connectivity index (χ3v) is 10.0. The van der Waals surface area contributed by atoms with Crippen LogP contribution in [0.25, 0.3) is 83.3 Å². The van der Waals surface area contributed by atoms with E-state index in [9.17, 15) is 0 Å². The van der Waals surface area contributed by atoms with E-state index in [0.717, 1.165) is 66.3 Å². The molecule has 3 aromatic heterocycles. The molecule has 0 amide bonds. The first-order valence-electron chi connectivity index (χ1n) is 16.1. The number of hydrogen-bond donors (Lipinski definition) is 0. The van der Waals surface area contributed by atoms with Crippen molar-refractivity contribution in [3.8, 4) is 39.6 Å². The fraction of sp³-hybridized carbons (Fsp3) is 0.0698. The number of aromatic nitrogens is 3. The summed E-state index contributed by atoms with van der Waals surface area (Å²) >= 11 is 0. The van der Waals surface area contributed by atoms with Gasteiger partial charge in [-0.2, -0.15) is 0 Å². The van der Waals surface area contributed by atoms with Gasteiger partial charge in [-0.1, -0.05) is 129 Å². The minimum atomic E-state index is -0.246. The van der Waals surface area contributed by atoms with E-state index in [1.54, 1.807) is 0 Å². The van der Waals surface area contributed by atoms with E-state index >= 15 is 0 Å². The fourth-order valence-corrected chi connectivity index (χ4v) is 7.88. The first kappa shape index (κ1) is 26.2. The van der Waals surface area contributed by atoms with Crippen LogP contribution in [0.3, 0.4) is 0 Å². The average molecular weight is 604 g/mol. The highest BCUT2D eigenvalue weighted by Crippen LogP contribution is 2.53. The van der Waals surface area contributed by atoms with Gasteiger partial charge in [-0.05, 0) is 46.5 Å². The van der Waals surface area contributed by atoms with Gasteiger partial charge in [0, 0.05) is 32.7 Å².